The molecule has 0 aromatic carbocycles. The lowest BCUT2D eigenvalue weighted by Gasteiger charge is -2.29. The molecule has 0 radical (unpaired) electrons. The summed E-state index contributed by atoms with van der Waals surface area (Å²) in [5, 5.41) is 12.9. The molecule has 1 amide bonds. The number of carbonyl (C=O) groups excluding carboxylic acids is 1. The minimum Gasteiger partial charge on any atom is -0.481 e. The Morgan fingerprint density at radius 1 is 1.42 bits per heavy atom. The summed E-state index contributed by atoms with van der Waals surface area (Å²) in [7, 11) is 0. The maximum absolute atomic E-state index is 11.8. The van der Waals surface area contributed by atoms with Gasteiger partial charge < -0.3 is 14.5 Å². The summed E-state index contributed by atoms with van der Waals surface area (Å²) in [4.78, 5) is 28.5. The Balaban J connectivity index is 1.66. The summed E-state index contributed by atoms with van der Waals surface area (Å²) in [5.41, 5.74) is 0. The third kappa shape index (κ3) is 2.59. The van der Waals surface area contributed by atoms with Crippen LogP contribution < -0.4 is 0 Å². The smallest absolute Gasteiger partial charge is 0.308 e. The first-order chi connectivity index (χ1) is 9.13. The monoisotopic (exact) mass is 265 g/mol. The van der Waals surface area contributed by atoms with E-state index in [1.54, 1.807) is 0 Å². The van der Waals surface area contributed by atoms with Gasteiger partial charge in [0.2, 0.25) is 11.8 Å². The van der Waals surface area contributed by atoms with Crippen LogP contribution in [0.4, 0.5) is 0 Å². The molecule has 1 aromatic rings. The maximum Gasteiger partial charge on any atom is 0.308 e. The SMILES string of the molecule is O=C(O)C1CCC(=O)N(Cc2noc(C3CC3)n2)C1. The van der Waals surface area contributed by atoms with Crippen LogP contribution in [-0.2, 0) is 16.1 Å². The number of hydrogen-bond acceptors (Lipinski definition) is 5. The highest BCUT2D eigenvalue weighted by atomic mass is 16.5. The number of piperidine rings is 1. The minimum absolute atomic E-state index is 0.0460. The van der Waals surface area contributed by atoms with Crippen molar-refractivity contribution in [3.63, 3.8) is 0 Å². The van der Waals surface area contributed by atoms with Crippen molar-refractivity contribution < 1.29 is 19.2 Å². The maximum atomic E-state index is 11.8. The van der Waals surface area contributed by atoms with Gasteiger partial charge >= 0.3 is 5.97 Å². The van der Waals surface area contributed by atoms with E-state index in [4.69, 9.17) is 9.63 Å². The number of amides is 1. The molecule has 1 aliphatic carbocycles. The van der Waals surface area contributed by atoms with Gasteiger partial charge in [0.15, 0.2) is 5.82 Å². The van der Waals surface area contributed by atoms with Gasteiger partial charge in [-0.3, -0.25) is 9.59 Å². The molecule has 1 saturated carbocycles. The Morgan fingerprint density at radius 3 is 2.89 bits per heavy atom. The van der Waals surface area contributed by atoms with E-state index in [1.807, 2.05) is 0 Å². The lowest BCUT2D eigenvalue weighted by atomic mass is 9.98. The summed E-state index contributed by atoms with van der Waals surface area (Å²) in [6.07, 6.45) is 2.82. The van der Waals surface area contributed by atoms with Gasteiger partial charge in [0, 0.05) is 18.9 Å². The van der Waals surface area contributed by atoms with E-state index in [9.17, 15) is 9.59 Å². The van der Waals surface area contributed by atoms with Gasteiger partial charge in [0.05, 0.1) is 12.5 Å². The first-order valence-corrected chi connectivity index (χ1v) is 6.46. The lowest BCUT2D eigenvalue weighted by molar-refractivity contribution is -0.147. The fourth-order valence-corrected chi connectivity index (χ4v) is 2.27. The van der Waals surface area contributed by atoms with Gasteiger partial charge in [-0.05, 0) is 19.3 Å². The van der Waals surface area contributed by atoms with Crippen molar-refractivity contribution >= 4 is 11.9 Å². The van der Waals surface area contributed by atoms with Gasteiger partial charge in [-0.1, -0.05) is 5.16 Å². The molecule has 1 aliphatic heterocycles. The standard InChI is InChI=1S/C12H15N3O4/c16-10-4-3-8(12(17)18)5-15(10)6-9-13-11(19-14-9)7-1-2-7/h7-8H,1-6H2,(H,17,18). The Kier molecular flexibility index (Phi) is 2.96. The first kappa shape index (κ1) is 12.1. The highest BCUT2D eigenvalue weighted by Crippen LogP contribution is 2.38. The van der Waals surface area contributed by atoms with Gasteiger partial charge in [-0.15, -0.1) is 0 Å². The number of aliphatic carboxylic acids is 1. The highest BCUT2D eigenvalue weighted by molar-refractivity contribution is 5.80. The van der Waals surface area contributed by atoms with Crippen molar-refractivity contribution in [2.45, 2.75) is 38.1 Å². The van der Waals surface area contributed by atoms with Crippen LogP contribution in [0.2, 0.25) is 0 Å². The Labute approximate surface area is 109 Å². The second-order valence-corrected chi connectivity index (χ2v) is 5.17. The van der Waals surface area contributed by atoms with Crippen LogP contribution in [0.25, 0.3) is 0 Å². The van der Waals surface area contributed by atoms with Crippen LogP contribution >= 0.6 is 0 Å². The zero-order valence-electron chi connectivity index (χ0n) is 10.4. The van der Waals surface area contributed by atoms with Gasteiger partial charge in [0.25, 0.3) is 0 Å². The molecule has 102 valence electrons. The van der Waals surface area contributed by atoms with Crippen LogP contribution in [0.1, 0.15) is 43.3 Å². The zero-order valence-corrected chi connectivity index (χ0v) is 10.4. The summed E-state index contributed by atoms with van der Waals surface area (Å²) < 4.78 is 5.12. The van der Waals surface area contributed by atoms with Crippen LogP contribution in [0.3, 0.4) is 0 Å². The highest BCUT2D eigenvalue weighted by Gasteiger charge is 2.32. The Hall–Kier alpha value is -1.92. The molecule has 2 fully saturated rings. The first-order valence-electron chi connectivity index (χ1n) is 6.46. The lowest BCUT2D eigenvalue weighted by Crippen LogP contribution is -2.42. The third-order valence-corrected chi connectivity index (χ3v) is 3.59. The number of aromatic nitrogens is 2. The molecular weight excluding hydrogens is 250 g/mol. The quantitative estimate of drug-likeness (QED) is 0.863. The topological polar surface area (TPSA) is 96.5 Å². The van der Waals surface area contributed by atoms with Crippen molar-refractivity contribution in [1.82, 2.24) is 15.0 Å². The van der Waals surface area contributed by atoms with E-state index in [2.05, 4.69) is 10.1 Å². The molecule has 7 heteroatoms. The summed E-state index contributed by atoms with van der Waals surface area (Å²) in [6, 6.07) is 0. The molecule has 2 heterocycles. The predicted octanol–water partition coefficient (Wildman–Crippen LogP) is 0.770. The summed E-state index contributed by atoms with van der Waals surface area (Å²) in [5.74, 6) is 0.0765. The van der Waals surface area contributed by atoms with E-state index in [1.165, 1.54) is 4.90 Å². The fourth-order valence-electron chi connectivity index (χ4n) is 2.27. The van der Waals surface area contributed by atoms with E-state index in [0.29, 0.717) is 24.1 Å². The summed E-state index contributed by atoms with van der Waals surface area (Å²) >= 11 is 0. The van der Waals surface area contributed by atoms with E-state index >= 15 is 0 Å². The van der Waals surface area contributed by atoms with E-state index in [0.717, 1.165) is 12.8 Å². The van der Waals surface area contributed by atoms with Crippen molar-refractivity contribution in [3.8, 4) is 0 Å². The molecule has 1 atom stereocenters. The largest absolute Gasteiger partial charge is 0.481 e. The average Bonchev–Trinajstić information content (AvgIpc) is 3.13. The van der Waals surface area contributed by atoms with Crippen LogP contribution in [0, 0.1) is 5.92 Å². The molecule has 1 saturated heterocycles. The molecule has 1 aromatic heterocycles. The van der Waals surface area contributed by atoms with Crippen molar-refractivity contribution in [2.75, 3.05) is 6.54 Å². The Bertz CT molecular complexity index is 509. The molecule has 3 rings (SSSR count). The Morgan fingerprint density at radius 2 is 2.21 bits per heavy atom. The molecule has 7 nitrogen and oxygen atoms in total. The van der Waals surface area contributed by atoms with Crippen molar-refractivity contribution in [3.05, 3.63) is 11.7 Å². The number of likely N-dealkylation sites (tertiary alicyclic amines) is 1. The van der Waals surface area contributed by atoms with Crippen LogP contribution in [-0.4, -0.2) is 38.6 Å². The van der Waals surface area contributed by atoms with Crippen molar-refractivity contribution in [1.29, 1.82) is 0 Å². The van der Waals surface area contributed by atoms with E-state index in [-0.39, 0.29) is 25.4 Å². The molecular formula is C12H15N3O4. The van der Waals surface area contributed by atoms with Gasteiger partial charge in [-0.2, -0.15) is 4.98 Å². The number of nitrogens with zero attached hydrogens (tertiary/aromatic N) is 3. The number of rotatable bonds is 4. The van der Waals surface area contributed by atoms with Crippen LogP contribution in [0.5, 0.6) is 0 Å². The summed E-state index contributed by atoms with van der Waals surface area (Å²) in [6.45, 7) is 0.459. The van der Waals surface area contributed by atoms with Gasteiger partial charge in [0.1, 0.15) is 0 Å². The van der Waals surface area contributed by atoms with Crippen molar-refractivity contribution in [2.24, 2.45) is 5.92 Å². The molecule has 1 N–H and O–H groups in total. The molecule has 2 aliphatic rings. The number of carboxylic acids is 1. The minimum atomic E-state index is -0.857. The van der Waals surface area contributed by atoms with Crippen LogP contribution in [0.15, 0.2) is 4.52 Å². The number of carboxylic acid groups (broad SMARTS) is 1. The molecule has 0 bridgehead atoms. The average molecular weight is 265 g/mol. The molecule has 19 heavy (non-hydrogen) atoms. The second kappa shape index (κ2) is 4.64. The molecule has 0 spiro atoms. The fraction of sp³-hybridized carbons (Fsp3) is 0.667. The second-order valence-electron chi connectivity index (χ2n) is 5.17. The predicted molar refractivity (Wildman–Crippen MR) is 62.0 cm³/mol. The zero-order chi connectivity index (χ0) is 13.4. The number of carbonyl (C=O) groups is 2. The van der Waals surface area contributed by atoms with E-state index < -0.39 is 11.9 Å². The third-order valence-electron chi connectivity index (χ3n) is 3.59. The van der Waals surface area contributed by atoms with Gasteiger partial charge in [-0.25, -0.2) is 0 Å². The number of hydrogen-bond donors (Lipinski definition) is 1. The normalized spacial score (nSPS) is 23.7. The molecule has 1 unspecified atom stereocenters.